The van der Waals surface area contributed by atoms with Crippen molar-refractivity contribution in [3.8, 4) is 0 Å². The third kappa shape index (κ3) is 2.38. The molecule has 0 bridgehead atoms. The number of aliphatic hydroxyl groups is 1. The molecule has 1 saturated carbocycles. The van der Waals surface area contributed by atoms with Crippen molar-refractivity contribution in [2.45, 2.75) is 44.7 Å². The first-order chi connectivity index (χ1) is 8.22. The van der Waals surface area contributed by atoms with E-state index < -0.39 is 0 Å². The number of nitrogens with zero attached hydrogens (tertiary/aromatic N) is 2. The van der Waals surface area contributed by atoms with Gasteiger partial charge in [0.15, 0.2) is 0 Å². The van der Waals surface area contributed by atoms with Crippen molar-refractivity contribution in [2.24, 2.45) is 5.92 Å². The van der Waals surface area contributed by atoms with Gasteiger partial charge in [0, 0.05) is 24.5 Å². The fourth-order valence-electron chi connectivity index (χ4n) is 3.12. The van der Waals surface area contributed by atoms with Gasteiger partial charge < -0.3 is 15.0 Å². The first-order valence-corrected chi connectivity index (χ1v) is 6.49. The summed E-state index contributed by atoms with van der Waals surface area (Å²) in [6.45, 7) is 3.28. The van der Waals surface area contributed by atoms with Crippen molar-refractivity contribution >= 4 is 0 Å². The van der Waals surface area contributed by atoms with Gasteiger partial charge >= 0.3 is 0 Å². The SMILES string of the molecule is CNC1(CO)CCCC1CCn1ccnc1C. The van der Waals surface area contributed by atoms with Crippen LogP contribution < -0.4 is 5.32 Å². The molecule has 1 aliphatic carbocycles. The second-order valence-corrected chi connectivity index (χ2v) is 5.11. The molecule has 1 heterocycles. The van der Waals surface area contributed by atoms with Gasteiger partial charge in [-0.2, -0.15) is 0 Å². The smallest absolute Gasteiger partial charge is 0.105 e. The molecule has 2 unspecified atom stereocenters. The summed E-state index contributed by atoms with van der Waals surface area (Å²) < 4.78 is 2.19. The van der Waals surface area contributed by atoms with Crippen molar-refractivity contribution < 1.29 is 5.11 Å². The average molecular weight is 237 g/mol. The Balaban J connectivity index is 1.97. The molecule has 4 nitrogen and oxygen atoms in total. The Labute approximate surface area is 103 Å². The summed E-state index contributed by atoms with van der Waals surface area (Å²) in [5.41, 5.74) is -0.0471. The Bertz CT molecular complexity index is 357. The number of aromatic nitrogens is 2. The number of likely N-dealkylation sites (N-methyl/N-ethyl adjacent to an activating group) is 1. The predicted molar refractivity (Wildman–Crippen MR) is 67.8 cm³/mol. The van der Waals surface area contributed by atoms with Gasteiger partial charge in [0.05, 0.1) is 6.61 Å². The van der Waals surface area contributed by atoms with Gasteiger partial charge in [-0.15, -0.1) is 0 Å². The molecule has 0 aromatic carbocycles. The zero-order valence-corrected chi connectivity index (χ0v) is 10.8. The van der Waals surface area contributed by atoms with Crippen LogP contribution in [0.1, 0.15) is 31.5 Å². The molecule has 0 radical (unpaired) electrons. The van der Waals surface area contributed by atoms with Gasteiger partial charge in [-0.1, -0.05) is 6.42 Å². The summed E-state index contributed by atoms with van der Waals surface area (Å²) in [5.74, 6) is 1.64. The van der Waals surface area contributed by atoms with E-state index >= 15 is 0 Å². The minimum absolute atomic E-state index is 0.0471. The molecular formula is C13H23N3O. The molecule has 17 heavy (non-hydrogen) atoms. The molecule has 1 aromatic rings. The molecule has 4 heteroatoms. The number of rotatable bonds is 5. The van der Waals surface area contributed by atoms with Crippen LogP contribution in [0.4, 0.5) is 0 Å². The molecule has 2 atom stereocenters. The molecule has 2 rings (SSSR count). The van der Waals surface area contributed by atoms with E-state index in [1.165, 1.54) is 12.8 Å². The second kappa shape index (κ2) is 5.19. The lowest BCUT2D eigenvalue weighted by molar-refractivity contribution is 0.124. The lowest BCUT2D eigenvalue weighted by Crippen LogP contribution is -2.49. The molecule has 0 aliphatic heterocycles. The van der Waals surface area contributed by atoms with E-state index in [-0.39, 0.29) is 12.1 Å². The van der Waals surface area contributed by atoms with E-state index in [0.29, 0.717) is 5.92 Å². The monoisotopic (exact) mass is 237 g/mol. The zero-order valence-electron chi connectivity index (χ0n) is 10.8. The van der Waals surface area contributed by atoms with Crippen molar-refractivity contribution in [3.63, 3.8) is 0 Å². The van der Waals surface area contributed by atoms with Gasteiger partial charge in [0.25, 0.3) is 0 Å². The Morgan fingerprint density at radius 3 is 3.06 bits per heavy atom. The Kier molecular flexibility index (Phi) is 3.84. The van der Waals surface area contributed by atoms with Crippen molar-refractivity contribution in [2.75, 3.05) is 13.7 Å². The fourth-order valence-corrected chi connectivity index (χ4v) is 3.12. The van der Waals surface area contributed by atoms with E-state index in [1.54, 1.807) is 0 Å². The highest BCUT2D eigenvalue weighted by Gasteiger charge is 2.40. The molecule has 0 saturated heterocycles. The zero-order chi connectivity index (χ0) is 12.3. The summed E-state index contributed by atoms with van der Waals surface area (Å²) >= 11 is 0. The third-order valence-electron chi connectivity index (χ3n) is 4.38. The highest BCUT2D eigenvalue weighted by atomic mass is 16.3. The van der Waals surface area contributed by atoms with Crippen molar-refractivity contribution in [1.82, 2.24) is 14.9 Å². The highest BCUT2D eigenvalue weighted by molar-refractivity contribution is 4.98. The number of hydrogen-bond acceptors (Lipinski definition) is 3. The number of hydrogen-bond donors (Lipinski definition) is 2. The molecule has 96 valence electrons. The molecule has 1 fully saturated rings. The van der Waals surface area contributed by atoms with E-state index in [0.717, 1.165) is 25.2 Å². The number of aryl methyl sites for hydroxylation is 2. The molecule has 0 spiro atoms. The molecular weight excluding hydrogens is 214 g/mol. The van der Waals surface area contributed by atoms with Gasteiger partial charge in [-0.05, 0) is 39.2 Å². The van der Waals surface area contributed by atoms with Gasteiger partial charge in [0.2, 0.25) is 0 Å². The van der Waals surface area contributed by atoms with Crippen LogP contribution in [0, 0.1) is 12.8 Å². The van der Waals surface area contributed by atoms with Gasteiger partial charge in [0.1, 0.15) is 5.82 Å². The predicted octanol–water partition coefficient (Wildman–Crippen LogP) is 1.33. The normalized spacial score (nSPS) is 28.8. The Morgan fingerprint density at radius 2 is 2.47 bits per heavy atom. The number of nitrogens with one attached hydrogen (secondary N) is 1. The summed E-state index contributed by atoms with van der Waals surface area (Å²) in [5, 5.41) is 13.0. The minimum Gasteiger partial charge on any atom is -0.394 e. The van der Waals surface area contributed by atoms with Crippen molar-refractivity contribution in [3.05, 3.63) is 18.2 Å². The molecule has 1 aliphatic rings. The standard InChI is InChI=1S/C13H23N3O/c1-11-15-7-9-16(11)8-5-12-4-3-6-13(12,10-17)14-2/h7,9,12,14,17H,3-6,8,10H2,1-2H3. The second-order valence-electron chi connectivity index (χ2n) is 5.11. The van der Waals surface area contributed by atoms with E-state index in [2.05, 4.69) is 14.9 Å². The van der Waals surface area contributed by atoms with Crippen LogP contribution in [0.25, 0.3) is 0 Å². The van der Waals surface area contributed by atoms with Crippen LogP contribution in [-0.2, 0) is 6.54 Å². The Hall–Kier alpha value is -0.870. The number of aliphatic hydroxyl groups excluding tert-OH is 1. The van der Waals surface area contributed by atoms with Crippen LogP contribution in [0.2, 0.25) is 0 Å². The van der Waals surface area contributed by atoms with Crippen LogP contribution in [0.3, 0.4) is 0 Å². The highest BCUT2D eigenvalue weighted by Crippen LogP contribution is 2.37. The van der Waals surface area contributed by atoms with Gasteiger partial charge in [-0.3, -0.25) is 0 Å². The summed E-state index contributed by atoms with van der Waals surface area (Å²) in [7, 11) is 1.97. The Morgan fingerprint density at radius 1 is 1.65 bits per heavy atom. The van der Waals surface area contributed by atoms with Crippen LogP contribution in [0.5, 0.6) is 0 Å². The average Bonchev–Trinajstić information content (AvgIpc) is 2.93. The van der Waals surface area contributed by atoms with Crippen LogP contribution >= 0.6 is 0 Å². The quantitative estimate of drug-likeness (QED) is 0.812. The molecule has 0 amide bonds. The first-order valence-electron chi connectivity index (χ1n) is 6.49. The summed E-state index contributed by atoms with van der Waals surface area (Å²) in [6, 6.07) is 0. The maximum Gasteiger partial charge on any atom is 0.105 e. The van der Waals surface area contributed by atoms with Crippen molar-refractivity contribution in [1.29, 1.82) is 0 Å². The summed E-state index contributed by atoms with van der Waals surface area (Å²) in [4.78, 5) is 4.24. The summed E-state index contributed by atoms with van der Waals surface area (Å²) in [6.07, 6.45) is 8.52. The van der Waals surface area contributed by atoms with Gasteiger partial charge in [-0.25, -0.2) is 4.98 Å². The van der Waals surface area contributed by atoms with Crippen LogP contribution in [0.15, 0.2) is 12.4 Å². The lowest BCUT2D eigenvalue weighted by Gasteiger charge is -2.33. The maximum atomic E-state index is 9.62. The third-order valence-corrected chi connectivity index (χ3v) is 4.38. The van der Waals surface area contributed by atoms with E-state index in [4.69, 9.17) is 0 Å². The largest absolute Gasteiger partial charge is 0.394 e. The maximum absolute atomic E-state index is 9.62. The number of imidazole rings is 1. The van der Waals surface area contributed by atoms with Crippen LogP contribution in [-0.4, -0.2) is 33.9 Å². The van der Waals surface area contributed by atoms with E-state index in [9.17, 15) is 5.11 Å². The first kappa shape index (κ1) is 12.6. The molecule has 2 N–H and O–H groups in total. The van der Waals surface area contributed by atoms with E-state index in [1.807, 2.05) is 26.4 Å². The molecule has 1 aromatic heterocycles. The lowest BCUT2D eigenvalue weighted by atomic mass is 9.85. The minimum atomic E-state index is -0.0471. The topological polar surface area (TPSA) is 50.1 Å². The fraction of sp³-hybridized carbons (Fsp3) is 0.769.